The Kier molecular flexibility index (Phi) is 8.40. The lowest BCUT2D eigenvalue weighted by Crippen LogP contribution is -2.38. The predicted molar refractivity (Wildman–Crippen MR) is 85.8 cm³/mol. The summed E-state index contributed by atoms with van der Waals surface area (Å²) in [6.45, 7) is 1.99. The summed E-state index contributed by atoms with van der Waals surface area (Å²) in [5.41, 5.74) is 0. The van der Waals surface area contributed by atoms with Gasteiger partial charge in [-0.15, -0.1) is 0 Å². The smallest absolute Gasteiger partial charge is 0.327 e. The fourth-order valence-electron chi connectivity index (χ4n) is 1.29. The minimum absolute atomic E-state index is 0.160. The first-order chi connectivity index (χ1) is 9.59. The van der Waals surface area contributed by atoms with E-state index >= 15 is 0 Å². The van der Waals surface area contributed by atoms with Crippen molar-refractivity contribution in [3.05, 3.63) is 24.3 Å². The summed E-state index contributed by atoms with van der Waals surface area (Å²) in [5, 5.41) is 2.82. The van der Waals surface area contributed by atoms with E-state index in [9.17, 15) is 4.79 Å². The van der Waals surface area contributed by atoms with Crippen LogP contribution in [0.1, 0.15) is 5.82 Å². The zero-order chi connectivity index (χ0) is 14.8. The zero-order valence-corrected chi connectivity index (χ0v) is 13.5. The Morgan fingerprint density at radius 1 is 1.35 bits per heavy atom. The molecule has 0 radical (unpaired) electrons. The quantitative estimate of drug-likeness (QED) is 0.556. The third-order valence-electron chi connectivity index (χ3n) is 2.37. The van der Waals surface area contributed by atoms with Crippen LogP contribution in [0, 0.1) is 0 Å². The van der Waals surface area contributed by atoms with Crippen LogP contribution < -0.4 is 5.32 Å². The second kappa shape index (κ2) is 9.84. The lowest BCUT2D eigenvalue weighted by Gasteiger charge is -2.18. The summed E-state index contributed by atoms with van der Waals surface area (Å²) >= 11 is 5.84. The van der Waals surface area contributed by atoms with Crippen molar-refractivity contribution < 1.29 is 4.79 Å². The van der Waals surface area contributed by atoms with Crippen molar-refractivity contribution in [3.63, 3.8) is 0 Å². The molecule has 0 atom stereocenters. The standard InChI is InChI=1S/C12H21N5OS2/c1-16(2)7-8-17(19)12(18)15-6-9-20-10-11-13-4-3-5-14-11/h3-5,19H,6-10H2,1-2H3,(H,15,18). The maximum Gasteiger partial charge on any atom is 0.327 e. The third kappa shape index (κ3) is 7.56. The highest BCUT2D eigenvalue weighted by molar-refractivity contribution is 7.98. The fourth-order valence-corrected chi connectivity index (χ4v) is 2.17. The fraction of sp³-hybridized carbons (Fsp3) is 0.583. The number of hydrogen-bond acceptors (Lipinski definition) is 6. The first kappa shape index (κ1) is 17.1. The average Bonchev–Trinajstić information content (AvgIpc) is 2.45. The summed E-state index contributed by atoms with van der Waals surface area (Å²) in [4.78, 5) is 22.0. The van der Waals surface area contributed by atoms with E-state index in [0.717, 1.165) is 23.9 Å². The van der Waals surface area contributed by atoms with Crippen LogP contribution in [0.4, 0.5) is 4.79 Å². The van der Waals surface area contributed by atoms with E-state index in [0.29, 0.717) is 13.1 Å². The summed E-state index contributed by atoms with van der Waals surface area (Å²) < 4.78 is 1.39. The number of nitrogens with zero attached hydrogens (tertiary/aromatic N) is 4. The maximum atomic E-state index is 11.7. The maximum absolute atomic E-state index is 11.7. The number of rotatable bonds is 8. The molecular weight excluding hydrogens is 294 g/mol. The number of carbonyl (C=O) groups is 1. The van der Waals surface area contributed by atoms with Gasteiger partial charge >= 0.3 is 6.03 Å². The molecule has 8 heteroatoms. The van der Waals surface area contributed by atoms with Crippen LogP contribution in [-0.4, -0.2) is 64.7 Å². The van der Waals surface area contributed by atoms with Crippen molar-refractivity contribution in [1.29, 1.82) is 0 Å². The van der Waals surface area contributed by atoms with Crippen molar-refractivity contribution in [2.24, 2.45) is 0 Å². The van der Waals surface area contributed by atoms with Crippen LogP contribution in [-0.2, 0) is 5.75 Å². The zero-order valence-electron chi connectivity index (χ0n) is 11.8. The molecule has 0 spiro atoms. The van der Waals surface area contributed by atoms with Crippen molar-refractivity contribution in [2.75, 3.05) is 39.5 Å². The molecule has 0 aliphatic heterocycles. The molecule has 1 aromatic rings. The van der Waals surface area contributed by atoms with Crippen molar-refractivity contribution >= 4 is 30.6 Å². The Bertz CT molecular complexity index is 391. The SMILES string of the molecule is CN(C)CCN(S)C(=O)NCCSCc1ncccn1. The average molecular weight is 315 g/mol. The molecule has 0 bridgehead atoms. The topological polar surface area (TPSA) is 61.4 Å². The van der Waals surface area contributed by atoms with Crippen molar-refractivity contribution in [3.8, 4) is 0 Å². The van der Waals surface area contributed by atoms with E-state index in [1.165, 1.54) is 4.31 Å². The van der Waals surface area contributed by atoms with E-state index in [2.05, 4.69) is 28.1 Å². The van der Waals surface area contributed by atoms with Gasteiger partial charge in [0.1, 0.15) is 5.82 Å². The molecule has 6 nitrogen and oxygen atoms in total. The molecule has 1 aromatic heterocycles. The number of thioether (sulfide) groups is 1. The summed E-state index contributed by atoms with van der Waals surface area (Å²) in [6, 6.07) is 1.63. The van der Waals surface area contributed by atoms with Gasteiger partial charge < -0.3 is 10.2 Å². The largest absolute Gasteiger partial charge is 0.336 e. The first-order valence-corrected chi connectivity index (χ1v) is 7.87. The molecule has 1 rings (SSSR count). The molecule has 1 heterocycles. The summed E-state index contributed by atoms with van der Waals surface area (Å²) in [7, 11) is 3.92. The van der Waals surface area contributed by atoms with Crippen LogP contribution >= 0.6 is 24.6 Å². The molecule has 20 heavy (non-hydrogen) atoms. The van der Waals surface area contributed by atoms with E-state index in [1.54, 1.807) is 30.2 Å². The van der Waals surface area contributed by atoms with Gasteiger partial charge in [0, 0.05) is 37.8 Å². The normalized spacial score (nSPS) is 10.6. The molecule has 0 aliphatic rings. The Morgan fingerprint density at radius 3 is 2.70 bits per heavy atom. The summed E-state index contributed by atoms with van der Waals surface area (Å²) in [5.74, 6) is 2.38. The second-order valence-electron chi connectivity index (χ2n) is 4.38. The minimum Gasteiger partial charge on any atom is -0.336 e. The Hall–Kier alpha value is -0.990. The molecular formula is C12H21N5OS2. The van der Waals surface area contributed by atoms with Crippen LogP contribution in [0.15, 0.2) is 18.5 Å². The predicted octanol–water partition coefficient (Wildman–Crippen LogP) is 1.13. The Morgan fingerprint density at radius 2 is 2.05 bits per heavy atom. The lowest BCUT2D eigenvalue weighted by molar-refractivity contribution is 0.224. The van der Waals surface area contributed by atoms with Crippen LogP contribution in [0.3, 0.4) is 0 Å². The highest BCUT2D eigenvalue weighted by atomic mass is 32.2. The number of urea groups is 1. The van der Waals surface area contributed by atoms with Gasteiger partial charge in [-0.1, -0.05) is 12.8 Å². The molecule has 0 aromatic carbocycles. The van der Waals surface area contributed by atoms with Gasteiger partial charge in [0.15, 0.2) is 0 Å². The number of likely N-dealkylation sites (N-methyl/N-ethyl adjacent to an activating group) is 1. The number of thiol groups is 1. The van der Waals surface area contributed by atoms with E-state index < -0.39 is 0 Å². The number of aromatic nitrogens is 2. The third-order valence-corrected chi connectivity index (χ3v) is 3.70. The van der Waals surface area contributed by atoms with Crippen LogP contribution in [0.5, 0.6) is 0 Å². The van der Waals surface area contributed by atoms with Crippen molar-refractivity contribution in [2.45, 2.75) is 5.75 Å². The molecule has 112 valence electrons. The number of carbonyl (C=O) groups excluding carboxylic acids is 1. The number of hydrogen-bond donors (Lipinski definition) is 2. The van der Waals surface area contributed by atoms with Gasteiger partial charge in [-0.3, -0.25) is 4.31 Å². The minimum atomic E-state index is -0.160. The molecule has 0 saturated heterocycles. The van der Waals surface area contributed by atoms with E-state index in [4.69, 9.17) is 0 Å². The monoisotopic (exact) mass is 315 g/mol. The molecule has 0 aliphatic carbocycles. The van der Waals surface area contributed by atoms with Gasteiger partial charge in [0.2, 0.25) is 0 Å². The highest BCUT2D eigenvalue weighted by Crippen LogP contribution is 2.06. The van der Waals surface area contributed by atoms with Crippen LogP contribution in [0.25, 0.3) is 0 Å². The number of nitrogens with one attached hydrogen (secondary N) is 1. The Labute approximate surface area is 129 Å². The molecule has 0 unspecified atom stereocenters. The molecule has 2 amide bonds. The second-order valence-corrected chi connectivity index (χ2v) is 5.96. The van der Waals surface area contributed by atoms with Crippen molar-refractivity contribution in [1.82, 2.24) is 24.5 Å². The lowest BCUT2D eigenvalue weighted by atomic mass is 10.6. The molecule has 1 N–H and O–H groups in total. The van der Waals surface area contributed by atoms with E-state index in [-0.39, 0.29) is 6.03 Å². The number of amides is 2. The van der Waals surface area contributed by atoms with Gasteiger partial charge in [-0.05, 0) is 20.2 Å². The van der Waals surface area contributed by atoms with Gasteiger partial charge in [-0.25, -0.2) is 14.8 Å². The van der Waals surface area contributed by atoms with Gasteiger partial charge in [0.05, 0.1) is 5.75 Å². The highest BCUT2D eigenvalue weighted by Gasteiger charge is 2.08. The van der Waals surface area contributed by atoms with E-state index in [1.807, 2.05) is 19.0 Å². The summed E-state index contributed by atoms with van der Waals surface area (Å²) in [6.07, 6.45) is 3.46. The van der Waals surface area contributed by atoms with Gasteiger partial charge in [0.25, 0.3) is 0 Å². The van der Waals surface area contributed by atoms with Gasteiger partial charge in [-0.2, -0.15) is 11.8 Å². The molecule has 0 fully saturated rings. The molecule has 0 saturated carbocycles. The first-order valence-electron chi connectivity index (χ1n) is 6.32. The Balaban J connectivity index is 2.07. The van der Waals surface area contributed by atoms with Crippen LogP contribution in [0.2, 0.25) is 0 Å².